The summed E-state index contributed by atoms with van der Waals surface area (Å²) in [5.74, 6) is -0.705. The van der Waals surface area contributed by atoms with E-state index in [2.05, 4.69) is 10.2 Å². The lowest BCUT2D eigenvalue weighted by molar-refractivity contribution is -0.384. The minimum atomic E-state index is -4.01. The second-order valence-corrected chi connectivity index (χ2v) is 7.87. The zero-order chi connectivity index (χ0) is 22.1. The van der Waals surface area contributed by atoms with Gasteiger partial charge in [0.25, 0.3) is 11.6 Å². The summed E-state index contributed by atoms with van der Waals surface area (Å²) in [6.45, 7) is 2.88. The van der Waals surface area contributed by atoms with Gasteiger partial charge in [-0.15, -0.1) is 10.2 Å². The Bertz CT molecular complexity index is 1230. The summed E-state index contributed by atoms with van der Waals surface area (Å²) in [7, 11) is -4.01. The highest BCUT2D eigenvalue weighted by Crippen LogP contribution is 2.23. The zero-order valence-electron chi connectivity index (χ0n) is 15.9. The van der Waals surface area contributed by atoms with Crippen molar-refractivity contribution in [3.05, 3.63) is 69.1 Å². The molecule has 156 valence electrons. The number of aryl methyl sites for hydroxylation is 1. The van der Waals surface area contributed by atoms with E-state index in [9.17, 15) is 23.3 Å². The molecule has 0 atom stereocenters. The van der Waals surface area contributed by atoms with E-state index < -0.39 is 20.9 Å². The standard InChI is InChI=1S/C18H16N4O7S/c1-10-7-13(8-15(11(10)2)30(19,26)27)18(23)28-9-16-20-21-17(29-16)12-3-5-14(6-4-12)22(24)25/h3-8H,9H2,1-2H3,(H2,19,26,27). The van der Waals surface area contributed by atoms with Crippen LogP contribution in [0.4, 0.5) is 5.69 Å². The van der Waals surface area contributed by atoms with Gasteiger partial charge in [0.05, 0.1) is 15.4 Å². The molecule has 0 fully saturated rings. The number of aromatic nitrogens is 2. The molecular weight excluding hydrogens is 416 g/mol. The van der Waals surface area contributed by atoms with Gasteiger partial charge >= 0.3 is 5.97 Å². The number of ether oxygens (including phenoxy) is 1. The van der Waals surface area contributed by atoms with Crippen LogP contribution in [-0.4, -0.2) is 29.5 Å². The Morgan fingerprint density at radius 3 is 2.47 bits per heavy atom. The lowest BCUT2D eigenvalue weighted by Crippen LogP contribution is -2.16. The maximum atomic E-state index is 12.3. The monoisotopic (exact) mass is 432 g/mol. The van der Waals surface area contributed by atoms with Crippen LogP contribution in [0.1, 0.15) is 27.4 Å². The van der Waals surface area contributed by atoms with Crippen LogP contribution in [0, 0.1) is 24.0 Å². The molecule has 0 saturated heterocycles. The van der Waals surface area contributed by atoms with Crippen molar-refractivity contribution in [1.82, 2.24) is 10.2 Å². The highest BCUT2D eigenvalue weighted by Gasteiger charge is 2.19. The molecule has 1 heterocycles. The maximum Gasteiger partial charge on any atom is 0.338 e. The SMILES string of the molecule is Cc1cc(C(=O)OCc2nnc(-c3ccc([N+](=O)[O-])cc3)o2)cc(S(N)(=O)=O)c1C. The molecule has 12 heteroatoms. The summed E-state index contributed by atoms with van der Waals surface area (Å²) in [6, 6.07) is 8.12. The Hall–Kier alpha value is -3.64. The van der Waals surface area contributed by atoms with E-state index in [1.54, 1.807) is 13.8 Å². The predicted octanol–water partition coefficient (Wildman–Crippen LogP) is 2.27. The molecule has 2 aromatic carbocycles. The predicted molar refractivity (Wildman–Crippen MR) is 103 cm³/mol. The molecule has 0 bridgehead atoms. The number of nitro benzene ring substituents is 1. The minimum Gasteiger partial charge on any atom is -0.452 e. The molecule has 0 aliphatic heterocycles. The molecule has 3 rings (SSSR count). The number of nitro groups is 1. The Labute approximate surface area is 170 Å². The van der Waals surface area contributed by atoms with E-state index in [0.717, 1.165) is 6.07 Å². The van der Waals surface area contributed by atoms with E-state index in [1.165, 1.54) is 30.3 Å². The van der Waals surface area contributed by atoms with Gasteiger partial charge in [-0.1, -0.05) is 0 Å². The van der Waals surface area contributed by atoms with Gasteiger partial charge in [0.1, 0.15) is 0 Å². The first-order valence-corrected chi connectivity index (χ1v) is 9.99. The van der Waals surface area contributed by atoms with E-state index in [1.807, 2.05) is 0 Å². The molecule has 30 heavy (non-hydrogen) atoms. The van der Waals surface area contributed by atoms with Gasteiger partial charge in [-0.25, -0.2) is 18.4 Å². The number of nitrogens with two attached hydrogens (primary N) is 1. The number of hydrogen-bond acceptors (Lipinski definition) is 9. The van der Waals surface area contributed by atoms with E-state index in [4.69, 9.17) is 14.3 Å². The van der Waals surface area contributed by atoms with Crippen LogP contribution in [0.3, 0.4) is 0 Å². The smallest absolute Gasteiger partial charge is 0.338 e. The van der Waals surface area contributed by atoms with Gasteiger partial charge in [0.2, 0.25) is 15.9 Å². The van der Waals surface area contributed by atoms with Crippen molar-refractivity contribution in [2.45, 2.75) is 25.3 Å². The summed E-state index contributed by atoms with van der Waals surface area (Å²) in [5, 5.41) is 23.5. The Balaban J connectivity index is 1.73. The number of hydrogen-bond donors (Lipinski definition) is 1. The van der Waals surface area contributed by atoms with Crippen LogP contribution in [0.2, 0.25) is 0 Å². The number of carbonyl (C=O) groups excluding carboxylic acids is 1. The average Bonchev–Trinajstić information content (AvgIpc) is 3.16. The number of primary sulfonamides is 1. The molecule has 0 amide bonds. The summed E-state index contributed by atoms with van der Waals surface area (Å²) < 4.78 is 33.9. The maximum absolute atomic E-state index is 12.3. The molecule has 2 N–H and O–H groups in total. The third-order valence-corrected chi connectivity index (χ3v) is 5.32. The normalized spacial score (nSPS) is 11.3. The highest BCUT2D eigenvalue weighted by atomic mass is 32.2. The molecule has 0 unspecified atom stereocenters. The van der Waals surface area contributed by atoms with Gasteiger partial charge in [-0.05, 0) is 49.2 Å². The number of non-ortho nitro benzene ring substituents is 1. The summed E-state index contributed by atoms with van der Waals surface area (Å²) in [4.78, 5) is 22.3. The van der Waals surface area contributed by atoms with Gasteiger partial charge in [0.15, 0.2) is 6.61 Å². The first-order chi connectivity index (χ1) is 14.1. The number of carbonyl (C=O) groups is 1. The van der Waals surface area contributed by atoms with Crippen LogP contribution in [0.15, 0.2) is 45.7 Å². The van der Waals surface area contributed by atoms with Crippen molar-refractivity contribution < 1.29 is 27.3 Å². The second-order valence-electron chi connectivity index (χ2n) is 6.34. The molecule has 0 aliphatic carbocycles. The number of nitrogens with zero attached hydrogens (tertiary/aromatic N) is 3. The lowest BCUT2D eigenvalue weighted by Gasteiger charge is -2.10. The van der Waals surface area contributed by atoms with Crippen molar-refractivity contribution in [3.8, 4) is 11.5 Å². The number of benzene rings is 2. The zero-order valence-corrected chi connectivity index (χ0v) is 16.7. The van der Waals surface area contributed by atoms with Crippen molar-refractivity contribution in [2.24, 2.45) is 5.14 Å². The Kier molecular flexibility index (Phi) is 5.62. The van der Waals surface area contributed by atoms with Crippen molar-refractivity contribution in [1.29, 1.82) is 0 Å². The molecule has 0 radical (unpaired) electrons. The molecular formula is C18H16N4O7S. The fourth-order valence-corrected chi connectivity index (χ4v) is 3.48. The highest BCUT2D eigenvalue weighted by molar-refractivity contribution is 7.89. The fraction of sp³-hybridized carbons (Fsp3) is 0.167. The van der Waals surface area contributed by atoms with Crippen molar-refractivity contribution in [3.63, 3.8) is 0 Å². The molecule has 0 spiro atoms. The summed E-state index contributed by atoms with van der Waals surface area (Å²) in [5.41, 5.74) is 1.39. The number of esters is 1. The second kappa shape index (κ2) is 8.00. The van der Waals surface area contributed by atoms with Crippen molar-refractivity contribution >= 4 is 21.7 Å². The number of sulfonamides is 1. The quantitative estimate of drug-likeness (QED) is 0.349. The van der Waals surface area contributed by atoms with Crippen LogP contribution in [0.5, 0.6) is 0 Å². The minimum absolute atomic E-state index is 0.00722. The van der Waals surface area contributed by atoms with Gasteiger partial charge < -0.3 is 9.15 Å². The van der Waals surface area contributed by atoms with Crippen LogP contribution < -0.4 is 5.14 Å². The van der Waals surface area contributed by atoms with Gasteiger partial charge in [-0.2, -0.15) is 0 Å². The first-order valence-electron chi connectivity index (χ1n) is 8.44. The van der Waals surface area contributed by atoms with Crippen LogP contribution in [0.25, 0.3) is 11.5 Å². The van der Waals surface area contributed by atoms with Gasteiger partial charge in [0, 0.05) is 17.7 Å². The summed E-state index contributed by atoms with van der Waals surface area (Å²) in [6.07, 6.45) is 0. The van der Waals surface area contributed by atoms with E-state index in [0.29, 0.717) is 16.7 Å². The largest absolute Gasteiger partial charge is 0.452 e. The Morgan fingerprint density at radius 1 is 1.20 bits per heavy atom. The molecule has 1 aromatic heterocycles. The molecule has 0 aliphatic rings. The third-order valence-electron chi connectivity index (χ3n) is 4.28. The van der Waals surface area contributed by atoms with E-state index >= 15 is 0 Å². The first kappa shape index (κ1) is 21.1. The Morgan fingerprint density at radius 2 is 1.87 bits per heavy atom. The molecule has 0 saturated carbocycles. The van der Waals surface area contributed by atoms with E-state index in [-0.39, 0.29) is 34.5 Å². The third kappa shape index (κ3) is 4.50. The average molecular weight is 432 g/mol. The summed E-state index contributed by atoms with van der Waals surface area (Å²) >= 11 is 0. The van der Waals surface area contributed by atoms with Crippen LogP contribution >= 0.6 is 0 Å². The number of rotatable bonds is 6. The fourth-order valence-electron chi connectivity index (χ4n) is 2.61. The van der Waals surface area contributed by atoms with Gasteiger partial charge in [-0.3, -0.25) is 10.1 Å². The topological polar surface area (TPSA) is 169 Å². The van der Waals surface area contributed by atoms with Crippen LogP contribution in [-0.2, 0) is 21.4 Å². The lowest BCUT2D eigenvalue weighted by atomic mass is 10.1. The molecule has 3 aromatic rings. The van der Waals surface area contributed by atoms with Crippen molar-refractivity contribution in [2.75, 3.05) is 0 Å². The molecule has 11 nitrogen and oxygen atoms in total.